The molecule has 1 aliphatic heterocycles. The molecular formula is C20H23N3O4. The summed E-state index contributed by atoms with van der Waals surface area (Å²) in [5.41, 5.74) is 1.58. The molecule has 0 spiro atoms. The minimum absolute atomic E-state index is 0.00937. The lowest BCUT2D eigenvalue weighted by Gasteiger charge is -2.20. The summed E-state index contributed by atoms with van der Waals surface area (Å²) in [6.45, 7) is 2.90. The van der Waals surface area contributed by atoms with Crippen molar-refractivity contribution < 1.29 is 14.8 Å². The van der Waals surface area contributed by atoms with Gasteiger partial charge in [0.1, 0.15) is 5.75 Å². The first-order chi connectivity index (χ1) is 13.0. The second-order valence-corrected chi connectivity index (χ2v) is 6.80. The highest BCUT2D eigenvalue weighted by Gasteiger charge is 2.14. The second-order valence-electron chi connectivity index (χ2n) is 6.80. The number of carbonyl (C=O) groups excluding carboxylic acids is 1. The molecule has 0 bridgehead atoms. The molecule has 0 atom stereocenters. The predicted octanol–water partition coefficient (Wildman–Crippen LogP) is 3.93. The van der Waals surface area contributed by atoms with Crippen LogP contribution in [0.5, 0.6) is 5.75 Å². The number of rotatable bonds is 5. The minimum atomic E-state index is -0.514. The highest BCUT2D eigenvalue weighted by atomic mass is 16.6. The van der Waals surface area contributed by atoms with Gasteiger partial charge in [0.2, 0.25) is 0 Å². The molecule has 0 saturated carbocycles. The Kier molecular flexibility index (Phi) is 6.03. The van der Waals surface area contributed by atoms with Crippen LogP contribution in [0.25, 0.3) is 0 Å². The van der Waals surface area contributed by atoms with Gasteiger partial charge in [-0.25, -0.2) is 0 Å². The SMILES string of the molecule is O=C(Nc1cc(CN2CCCCCC2)ccc1O)c1ccc([N+](=O)[O-])cc1. The van der Waals surface area contributed by atoms with E-state index >= 15 is 0 Å². The number of anilines is 1. The van der Waals surface area contributed by atoms with Gasteiger partial charge in [0, 0.05) is 24.2 Å². The van der Waals surface area contributed by atoms with Crippen molar-refractivity contribution >= 4 is 17.3 Å². The van der Waals surface area contributed by atoms with Crippen molar-refractivity contribution in [2.45, 2.75) is 32.2 Å². The molecule has 0 aromatic heterocycles. The number of phenolic OH excluding ortho intramolecular Hbond substituents is 1. The van der Waals surface area contributed by atoms with E-state index in [-0.39, 0.29) is 17.0 Å². The number of hydrogen-bond acceptors (Lipinski definition) is 5. The molecule has 2 aromatic rings. The first-order valence-electron chi connectivity index (χ1n) is 9.13. The van der Waals surface area contributed by atoms with E-state index in [1.54, 1.807) is 12.1 Å². The van der Waals surface area contributed by atoms with Crippen molar-refractivity contribution in [3.05, 3.63) is 63.7 Å². The Morgan fingerprint density at radius 1 is 1.07 bits per heavy atom. The Balaban J connectivity index is 1.70. The summed E-state index contributed by atoms with van der Waals surface area (Å²) in [6, 6.07) is 10.6. The van der Waals surface area contributed by atoms with Crippen LogP contribution < -0.4 is 5.32 Å². The van der Waals surface area contributed by atoms with E-state index in [0.717, 1.165) is 25.2 Å². The predicted molar refractivity (Wildman–Crippen MR) is 103 cm³/mol. The Bertz CT molecular complexity index is 812. The summed E-state index contributed by atoms with van der Waals surface area (Å²) in [7, 11) is 0. The average Bonchev–Trinajstić information content (AvgIpc) is 2.93. The summed E-state index contributed by atoms with van der Waals surface area (Å²) >= 11 is 0. The number of amides is 1. The van der Waals surface area contributed by atoms with Gasteiger partial charge in [0.05, 0.1) is 10.6 Å². The summed E-state index contributed by atoms with van der Waals surface area (Å²) in [5.74, 6) is -0.433. The summed E-state index contributed by atoms with van der Waals surface area (Å²) in [6.07, 6.45) is 4.93. The molecule has 0 unspecified atom stereocenters. The van der Waals surface area contributed by atoms with E-state index in [0.29, 0.717) is 5.69 Å². The molecule has 0 aliphatic carbocycles. The number of non-ortho nitro benzene ring substituents is 1. The molecule has 3 rings (SSSR count). The van der Waals surface area contributed by atoms with Crippen LogP contribution in [0.4, 0.5) is 11.4 Å². The molecule has 0 radical (unpaired) electrons. The van der Waals surface area contributed by atoms with Crippen molar-refractivity contribution in [2.24, 2.45) is 0 Å². The standard InChI is InChI=1S/C20H23N3O4/c24-19-10-5-15(14-22-11-3-1-2-4-12-22)13-18(19)21-20(25)16-6-8-17(9-7-16)23(26)27/h5-10,13,24H,1-4,11-12,14H2,(H,21,25). The number of nitro groups is 1. The molecule has 27 heavy (non-hydrogen) atoms. The lowest BCUT2D eigenvalue weighted by atomic mass is 10.1. The zero-order valence-corrected chi connectivity index (χ0v) is 15.1. The number of hydrogen-bond donors (Lipinski definition) is 2. The van der Waals surface area contributed by atoms with Crippen molar-refractivity contribution in [1.82, 2.24) is 4.90 Å². The van der Waals surface area contributed by atoms with Crippen LogP contribution in [0, 0.1) is 10.1 Å². The van der Waals surface area contributed by atoms with Crippen LogP contribution in [-0.4, -0.2) is 33.9 Å². The fourth-order valence-electron chi connectivity index (χ4n) is 3.26. The molecule has 2 N–H and O–H groups in total. The average molecular weight is 369 g/mol. The monoisotopic (exact) mass is 369 g/mol. The third kappa shape index (κ3) is 5.04. The van der Waals surface area contributed by atoms with E-state index in [4.69, 9.17) is 0 Å². The van der Waals surface area contributed by atoms with Crippen molar-refractivity contribution in [3.8, 4) is 5.75 Å². The van der Waals surface area contributed by atoms with Crippen LogP contribution in [0.1, 0.15) is 41.6 Å². The largest absolute Gasteiger partial charge is 0.506 e. The fourth-order valence-corrected chi connectivity index (χ4v) is 3.26. The molecule has 7 heteroatoms. The number of phenols is 1. The number of benzene rings is 2. The van der Waals surface area contributed by atoms with Crippen molar-refractivity contribution in [2.75, 3.05) is 18.4 Å². The number of nitro benzene ring substituents is 1. The quantitative estimate of drug-likeness (QED) is 0.473. The normalized spacial score (nSPS) is 15.1. The molecule has 1 aliphatic rings. The second kappa shape index (κ2) is 8.64. The van der Waals surface area contributed by atoms with E-state index < -0.39 is 10.8 Å². The van der Waals surface area contributed by atoms with Crippen LogP contribution in [0.3, 0.4) is 0 Å². The van der Waals surface area contributed by atoms with Crippen molar-refractivity contribution in [1.29, 1.82) is 0 Å². The zero-order valence-electron chi connectivity index (χ0n) is 15.1. The Hall–Kier alpha value is -2.93. The van der Waals surface area contributed by atoms with Crippen LogP contribution in [-0.2, 0) is 6.54 Å². The zero-order chi connectivity index (χ0) is 19.2. The molecule has 1 saturated heterocycles. The van der Waals surface area contributed by atoms with Gasteiger partial charge in [-0.3, -0.25) is 19.8 Å². The molecule has 142 valence electrons. The fraction of sp³-hybridized carbons (Fsp3) is 0.350. The first kappa shape index (κ1) is 18.8. The molecule has 7 nitrogen and oxygen atoms in total. The highest BCUT2D eigenvalue weighted by Crippen LogP contribution is 2.26. The van der Waals surface area contributed by atoms with E-state index in [1.807, 2.05) is 6.07 Å². The van der Waals surface area contributed by atoms with Gasteiger partial charge in [-0.15, -0.1) is 0 Å². The Morgan fingerprint density at radius 3 is 2.37 bits per heavy atom. The summed E-state index contributed by atoms with van der Waals surface area (Å²) in [4.78, 5) is 25.0. The van der Waals surface area contributed by atoms with Crippen LogP contribution in [0.2, 0.25) is 0 Å². The maximum atomic E-state index is 12.4. The number of nitrogens with zero attached hydrogens (tertiary/aromatic N) is 2. The topological polar surface area (TPSA) is 95.7 Å². The van der Waals surface area contributed by atoms with E-state index in [2.05, 4.69) is 10.2 Å². The molecule has 1 amide bonds. The third-order valence-electron chi connectivity index (χ3n) is 4.75. The highest BCUT2D eigenvalue weighted by molar-refractivity contribution is 6.05. The van der Waals surface area contributed by atoms with Gasteiger partial charge in [-0.1, -0.05) is 18.9 Å². The number of likely N-dealkylation sites (tertiary alicyclic amines) is 1. The van der Waals surface area contributed by atoms with Gasteiger partial charge < -0.3 is 10.4 Å². The number of nitrogens with one attached hydrogen (secondary N) is 1. The first-order valence-corrected chi connectivity index (χ1v) is 9.13. The maximum Gasteiger partial charge on any atom is 0.269 e. The number of aromatic hydroxyl groups is 1. The number of carbonyl (C=O) groups is 1. The van der Waals surface area contributed by atoms with Gasteiger partial charge in [-0.05, 0) is 55.8 Å². The summed E-state index contributed by atoms with van der Waals surface area (Å²) in [5, 5.41) is 23.5. The lowest BCUT2D eigenvalue weighted by molar-refractivity contribution is -0.384. The third-order valence-corrected chi connectivity index (χ3v) is 4.75. The van der Waals surface area contributed by atoms with Gasteiger partial charge in [0.25, 0.3) is 11.6 Å². The van der Waals surface area contributed by atoms with Crippen LogP contribution >= 0.6 is 0 Å². The van der Waals surface area contributed by atoms with E-state index in [9.17, 15) is 20.0 Å². The minimum Gasteiger partial charge on any atom is -0.506 e. The molecule has 1 heterocycles. The van der Waals surface area contributed by atoms with Crippen LogP contribution in [0.15, 0.2) is 42.5 Å². The van der Waals surface area contributed by atoms with Gasteiger partial charge >= 0.3 is 0 Å². The summed E-state index contributed by atoms with van der Waals surface area (Å²) < 4.78 is 0. The molecule has 1 fully saturated rings. The lowest BCUT2D eigenvalue weighted by Crippen LogP contribution is -2.24. The van der Waals surface area contributed by atoms with Gasteiger partial charge in [-0.2, -0.15) is 0 Å². The Morgan fingerprint density at radius 2 is 1.74 bits per heavy atom. The van der Waals surface area contributed by atoms with Gasteiger partial charge in [0.15, 0.2) is 0 Å². The van der Waals surface area contributed by atoms with E-state index in [1.165, 1.54) is 49.9 Å². The maximum absolute atomic E-state index is 12.4. The van der Waals surface area contributed by atoms with Crippen molar-refractivity contribution in [3.63, 3.8) is 0 Å². The smallest absolute Gasteiger partial charge is 0.269 e. The molecule has 2 aromatic carbocycles. The Labute approximate surface area is 157 Å². The molecular weight excluding hydrogens is 346 g/mol.